The Labute approximate surface area is 172 Å². The van der Waals surface area contributed by atoms with E-state index in [2.05, 4.69) is 42.8 Å². The van der Waals surface area contributed by atoms with Crippen molar-refractivity contribution in [2.75, 3.05) is 46.4 Å². The summed E-state index contributed by atoms with van der Waals surface area (Å²) in [4.78, 5) is 10.0. The summed E-state index contributed by atoms with van der Waals surface area (Å²) in [5.74, 6) is 1.87. The molecular formula is C19H39IN4O. The van der Waals surface area contributed by atoms with Gasteiger partial charge in [0.15, 0.2) is 5.96 Å². The highest BCUT2D eigenvalue weighted by molar-refractivity contribution is 14.0. The molecule has 0 aromatic rings. The van der Waals surface area contributed by atoms with E-state index in [1.807, 2.05) is 7.11 Å². The van der Waals surface area contributed by atoms with E-state index in [9.17, 15) is 0 Å². The second kappa shape index (κ2) is 10.9. The van der Waals surface area contributed by atoms with Gasteiger partial charge in [0.05, 0.1) is 12.6 Å². The number of nitrogens with one attached hydrogen (secondary N) is 1. The van der Waals surface area contributed by atoms with Gasteiger partial charge in [-0.3, -0.25) is 9.89 Å². The molecule has 0 saturated carbocycles. The molecule has 2 heterocycles. The maximum absolute atomic E-state index is 5.50. The van der Waals surface area contributed by atoms with Crippen LogP contribution in [0.15, 0.2) is 4.99 Å². The largest absolute Gasteiger partial charge is 0.381 e. The number of rotatable bonds is 5. The third kappa shape index (κ3) is 6.86. The molecule has 2 fully saturated rings. The highest BCUT2D eigenvalue weighted by Gasteiger charge is 2.31. The van der Waals surface area contributed by atoms with E-state index in [1.54, 1.807) is 0 Å². The van der Waals surface area contributed by atoms with Crippen LogP contribution < -0.4 is 5.32 Å². The van der Waals surface area contributed by atoms with E-state index in [0.717, 1.165) is 64.0 Å². The lowest BCUT2D eigenvalue weighted by molar-refractivity contribution is 0.00902. The molecule has 1 unspecified atom stereocenters. The number of nitrogens with zero attached hydrogens (tertiary/aromatic N) is 3. The first-order chi connectivity index (χ1) is 11.5. The lowest BCUT2D eigenvalue weighted by atomic mass is 9.97. The highest BCUT2D eigenvalue weighted by Crippen LogP contribution is 2.23. The molecule has 2 saturated heterocycles. The first kappa shape index (κ1) is 23.0. The number of piperidine rings is 2. The van der Waals surface area contributed by atoms with Gasteiger partial charge in [-0.1, -0.05) is 6.92 Å². The molecule has 0 aromatic heterocycles. The standard InChI is InChI=1S/C19H38N4O.HI/c1-6-20-18(22-11-7-8-16(2)14-22)21-15-19(3,4)23-12-9-17(24-5)10-13-23;/h16-17H,6-15H2,1-5H3,(H,20,21);1H. The van der Waals surface area contributed by atoms with Crippen molar-refractivity contribution in [1.29, 1.82) is 0 Å². The number of aliphatic imine (C=N–C) groups is 1. The monoisotopic (exact) mass is 466 g/mol. The fraction of sp³-hybridized carbons (Fsp3) is 0.947. The molecule has 2 aliphatic heterocycles. The summed E-state index contributed by atoms with van der Waals surface area (Å²) in [5, 5.41) is 3.50. The Bertz CT molecular complexity index is 408. The van der Waals surface area contributed by atoms with Gasteiger partial charge in [0, 0.05) is 45.4 Å². The van der Waals surface area contributed by atoms with Gasteiger partial charge in [-0.15, -0.1) is 24.0 Å². The third-order valence-corrected chi connectivity index (χ3v) is 5.54. The minimum absolute atomic E-state index is 0. The molecule has 0 aliphatic carbocycles. The molecule has 1 N–H and O–H groups in total. The second-order valence-electron chi connectivity index (χ2n) is 8.10. The Kier molecular flexibility index (Phi) is 10.0. The average molecular weight is 466 g/mol. The first-order valence-corrected chi connectivity index (χ1v) is 9.77. The predicted octanol–water partition coefficient (Wildman–Crippen LogP) is 3.19. The molecule has 148 valence electrons. The van der Waals surface area contributed by atoms with Gasteiger partial charge in [-0.25, -0.2) is 0 Å². The molecule has 0 amide bonds. The lowest BCUT2D eigenvalue weighted by Crippen LogP contribution is -2.52. The molecule has 6 heteroatoms. The first-order valence-electron chi connectivity index (χ1n) is 9.77. The van der Waals surface area contributed by atoms with Crippen molar-refractivity contribution in [2.45, 2.75) is 65.0 Å². The number of halogens is 1. The SMILES string of the molecule is CCNC(=NCC(C)(C)N1CCC(OC)CC1)N1CCCC(C)C1.I. The summed E-state index contributed by atoms with van der Waals surface area (Å²) < 4.78 is 5.50. The van der Waals surface area contributed by atoms with Gasteiger partial charge >= 0.3 is 0 Å². The molecule has 0 radical (unpaired) electrons. The Morgan fingerprint density at radius 3 is 2.44 bits per heavy atom. The minimum Gasteiger partial charge on any atom is -0.381 e. The molecule has 1 atom stereocenters. The maximum Gasteiger partial charge on any atom is 0.193 e. The van der Waals surface area contributed by atoms with Gasteiger partial charge in [0.1, 0.15) is 0 Å². The summed E-state index contributed by atoms with van der Waals surface area (Å²) in [5.41, 5.74) is 0.0980. The predicted molar refractivity (Wildman–Crippen MR) is 117 cm³/mol. The van der Waals surface area contributed by atoms with Gasteiger partial charge in [-0.05, 0) is 52.4 Å². The van der Waals surface area contributed by atoms with E-state index in [-0.39, 0.29) is 29.5 Å². The normalized spacial score (nSPS) is 24.1. The van der Waals surface area contributed by atoms with E-state index in [1.165, 1.54) is 12.8 Å². The molecule has 2 rings (SSSR count). The summed E-state index contributed by atoms with van der Waals surface area (Å²) in [6.45, 7) is 15.4. The number of guanidine groups is 1. The summed E-state index contributed by atoms with van der Waals surface area (Å²) in [7, 11) is 1.83. The molecule has 25 heavy (non-hydrogen) atoms. The van der Waals surface area contributed by atoms with Crippen LogP contribution in [0.25, 0.3) is 0 Å². The van der Waals surface area contributed by atoms with Crippen molar-refractivity contribution in [2.24, 2.45) is 10.9 Å². The van der Waals surface area contributed by atoms with Crippen molar-refractivity contribution < 1.29 is 4.74 Å². The number of methoxy groups -OCH3 is 1. The zero-order valence-electron chi connectivity index (χ0n) is 16.9. The zero-order valence-corrected chi connectivity index (χ0v) is 19.2. The minimum atomic E-state index is 0. The molecule has 5 nitrogen and oxygen atoms in total. The molecule has 0 aromatic carbocycles. The Balaban J connectivity index is 0.00000312. The van der Waals surface area contributed by atoms with Crippen LogP contribution in [0.1, 0.15) is 53.4 Å². The summed E-state index contributed by atoms with van der Waals surface area (Å²) >= 11 is 0. The van der Waals surface area contributed by atoms with Crippen LogP contribution in [0.4, 0.5) is 0 Å². The molecule has 0 spiro atoms. The van der Waals surface area contributed by atoms with Gasteiger partial charge in [-0.2, -0.15) is 0 Å². The topological polar surface area (TPSA) is 40.1 Å². The van der Waals surface area contributed by atoms with Crippen molar-refractivity contribution in [3.05, 3.63) is 0 Å². The second-order valence-corrected chi connectivity index (χ2v) is 8.10. The van der Waals surface area contributed by atoms with Gasteiger partial charge < -0.3 is 15.0 Å². The third-order valence-electron chi connectivity index (χ3n) is 5.54. The van der Waals surface area contributed by atoms with Crippen LogP contribution in [0, 0.1) is 5.92 Å². The van der Waals surface area contributed by atoms with Gasteiger partial charge in [0.2, 0.25) is 0 Å². The number of hydrogen-bond acceptors (Lipinski definition) is 3. The molecule has 2 aliphatic rings. The molecule has 0 bridgehead atoms. The highest BCUT2D eigenvalue weighted by atomic mass is 127. The van der Waals surface area contributed by atoms with Crippen LogP contribution >= 0.6 is 24.0 Å². The maximum atomic E-state index is 5.50. The Morgan fingerprint density at radius 2 is 1.88 bits per heavy atom. The van der Waals surface area contributed by atoms with Crippen LogP contribution in [-0.4, -0.2) is 73.8 Å². The zero-order chi connectivity index (χ0) is 17.6. The van der Waals surface area contributed by atoms with Crippen LogP contribution in [0.2, 0.25) is 0 Å². The van der Waals surface area contributed by atoms with Crippen LogP contribution in [0.5, 0.6) is 0 Å². The van der Waals surface area contributed by atoms with E-state index in [0.29, 0.717) is 6.10 Å². The number of ether oxygens (including phenoxy) is 1. The lowest BCUT2D eigenvalue weighted by Gasteiger charge is -2.42. The fourth-order valence-corrected chi connectivity index (χ4v) is 3.87. The summed E-state index contributed by atoms with van der Waals surface area (Å²) in [6, 6.07) is 0. The van der Waals surface area contributed by atoms with Crippen molar-refractivity contribution in [3.8, 4) is 0 Å². The quantitative estimate of drug-likeness (QED) is 0.384. The van der Waals surface area contributed by atoms with Gasteiger partial charge in [0.25, 0.3) is 0 Å². The molecular weight excluding hydrogens is 427 g/mol. The fourth-order valence-electron chi connectivity index (χ4n) is 3.87. The van der Waals surface area contributed by atoms with E-state index in [4.69, 9.17) is 9.73 Å². The van der Waals surface area contributed by atoms with Crippen molar-refractivity contribution in [1.82, 2.24) is 15.1 Å². The van der Waals surface area contributed by atoms with Crippen molar-refractivity contribution in [3.63, 3.8) is 0 Å². The van der Waals surface area contributed by atoms with E-state index < -0.39 is 0 Å². The van der Waals surface area contributed by atoms with Crippen LogP contribution in [0.3, 0.4) is 0 Å². The summed E-state index contributed by atoms with van der Waals surface area (Å²) in [6.07, 6.45) is 5.32. The number of likely N-dealkylation sites (tertiary alicyclic amines) is 2. The smallest absolute Gasteiger partial charge is 0.193 e. The number of hydrogen-bond donors (Lipinski definition) is 1. The Morgan fingerprint density at radius 1 is 1.20 bits per heavy atom. The van der Waals surface area contributed by atoms with E-state index >= 15 is 0 Å². The Hall–Kier alpha value is -0.0800. The van der Waals surface area contributed by atoms with Crippen LogP contribution in [-0.2, 0) is 4.74 Å². The van der Waals surface area contributed by atoms with Crippen molar-refractivity contribution >= 4 is 29.9 Å². The average Bonchev–Trinajstić information content (AvgIpc) is 2.58.